The molecule has 0 fully saturated rings. The first-order valence-electron chi connectivity index (χ1n) is 0.908. The highest BCUT2D eigenvalue weighted by atomic mass is 16.2. The predicted molar refractivity (Wildman–Crippen MR) is 21.3 cm³/mol. The molecule has 0 aromatic heterocycles. The molecule has 0 rings (SSSR count). The van der Waals surface area contributed by atoms with E-state index in [0.717, 1.165) is 0 Å². The summed E-state index contributed by atoms with van der Waals surface area (Å²) in [6.07, 6.45) is 0.250. The van der Waals surface area contributed by atoms with Crippen molar-refractivity contribution in [1.82, 2.24) is 6.15 Å². The van der Waals surface area contributed by atoms with E-state index in [0.29, 0.717) is 0 Å². The molecule has 3 nitrogen and oxygen atoms in total. The van der Waals surface area contributed by atoms with Crippen LogP contribution in [-0.4, -0.2) is 6.15 Å². The van der Waals surface area contributed by atoms with Gasteiger partial charge in [0.2, 0.25) is 0 Å². The first kappa shape index (κ1) is 19.5. The van der Waals surface area contributed by atoms with Gasteiger partial charge in [0.15, 0.2) is 0 Å². The van der Waals surface area contributed by atoms with Crippen LogP contribution in [0.4, 0.5) is 0 Å². The second kappa shape index (κ2) is 6050. The number of carbonyl (C=O) groups excluding carboxylic acids is 2. The van der Waals surface area contributed by atoms with Gasteiger partial charge in [0.05, 0.1) is 0 Å². The quantitative estimate of drug-likeness (QED) is 0.436. The summed E-state index contributed by atoms with van der Waals surface area (Å²) in [4.78, 5) is 16.2. The molecule has 0 unspecified atom stereocenters. The van der Waals surface area contributed by atoms with Crippen LogP contribution in [0.1, 0.15) is 0 Å². The summed E-state index contributed by atoms with van der Waals surface area (Å²) in [6.45, 7) is 6.00. The SMILES string of the molecule is C=C.N.O=C=O. The average molecular weight is 89.1 g/mol. The number of hydrogen-bond donors (Lipinski definition) is 1. The van der Waals surface area contributed by atoms with E-state index in [1.807, 2.05) is 0 Å². The van der Waals surface area contributed by atoms with Crippen LogP contribution >= 0.6 is 0 Å². The minimum Gasteiger partial charge on any atom is -0.344 e. The molecule has 0 atom stereocenters. The van der Waals surface area contributed by atoms with Gasteiger partial charge in [-0.25, -0.2) is 0 Å². The van der Waals surface area contributed by atoms with Crippen molar-refractivity contribution in [1.29, 1.82) is 0 Å². The van der Waals surface area contributed by atoms with Gasteiger partial charge < -0.3 is 6.15 Å². The van der Waals surface area contributed by atoms with E-state index in [-0.39, 0.29) is 12.3 Å². The molecule has 3 heteroatoms. The van der Waals surface area contributed by atoms with Crippen LogP contribution in [0.25, 0.3) is 0 Å². The van der Waals surface area contributed by atoms with Gasteiger partial charge in [-0.3, -0.25) is 0 Å². The average Bonchev–Trinajstić information content (AvgIpc) is 1.46. The molecule has 0 aliphatic carbocycles. The van der Waals surface area contributed by atoms with Crippen LogP contribution in [0, 0.1) is 0 Å². The molecule has 0 saturated carbocycles. The minimum absolute atomic E-state index is 0. The van der Waals surface area contributed by atoms with Gasteiger partial charge in [-0.1, -0.05) is 0 Å². The fourth-order valence-corrected chi connectivity index (χ4v) is 0. The summed E-state index contributed by atoms with van der Waals surface area (Å²) in [5.41, 5.74) is 0. The molecule has 0 spiro atoms. The highest BCUT2D eigenvalue weighted by Gasteiger charge is 1.13. The second-order valence-corrected chi connectivity index (χ2v) is 0.0833. The van der Waals surface area contributed by atoms with E-state index in [1.54, 1.807) is 0 Å². The highest BCUT2D eigenvalue weighted by Crippen LogP contribution is 0.862. The van der Waals surface area contributed by atoms with Gasteiger partial charge in [-0.15, -0.1) is 13.2 Å². The van der Waals surface area contributed by atoms with Crippen molar-refractivity contribution in [3.8, 4) is 0 Å². The zero-order chi connectivity index (χ0) is 4.71. The van der Waals surface area contributed by atoms with Crippen LogP contribution in [0.5, 0.6) is 0 Å². The van der Waals surface area contributed by atoms with E-state index in [9.17, 15) is 0 Å². The Hall–Kier alpha value is -0.920. The molecule has 0 radical (unpaired) electrons. The molecule has 0 saturated heterocycles. The van der Waals surface area contributed by atoms with Crippen LogP contribution < -0.4 is 6.15 Å². The minimum atomic E-state index is 0. The van der Waals surface area contributed by atoms with E-state index < -0.39 is 0 Å². The maximum atomic E-state index is 8.12. The second-order valence-electron chi connectivity index (χ2n) is 0.0833. The Morgan fingerprint density at radius 3 is 1.17 bits per heavy atom. The third kappa shape index (κ3) is 15.7. The fourth-order valence-electron chi connectivity index (χ4n) is 0. The molecule has 0 aromatic carbocycles. The zero-order valence-electron chi connectivity index (χ0n) is 3.44. The third-order valence-electron chi connectivity index (χ3n) is 0. The summed E-state index contributed by atoms with van der Waals surface area (Å²) in [6, 6.07) is 0. The van der Waals surface area contributed by atoms with E-state index in [1.165, 1.54) is 0 Å². The monoisotopic (exact) mass is 89.0 g/mol. The lowest BCUT2D eigenvalue weighted by atomic mass is 11.3. The smallest absolute Gasteiger partial charge is 0.344 e. The standard InChI is InChI=1S/C2H4.CO2.H3N/c1-2;2-1-3;/h1-2H2;;1H3. The Kier molecular flexibility index (Phi) is 19700. The normalized spacial score (nSPS) is 2.00. The number of rotatable bonds is 0. The van der Waals surface area contributed by atoms with Crippen molar-refractivity contribution in [2.24, 2.45) is 0 Å². The zero-order valence-corrected chi connectivity index (χ0v) is 3.44. The maximum absolute atomic E-state index is 8.12. The van der Waals surface area contributed by atoms with Gasteiger partial charge in [0, 0.05) is 0 Å². The molecule has 6 heavy (non-hydrogen) atoms. The van der Waals surface area contributed by atoms with Crippen molar-refractivity contribution >= 4 is 6.15 Å². The Balaban J connectivity index is -0.0000000275. The summed E-state index contributed by atoms with van der Waals surface area (Å²) < 4.78 is 0. The van der Waals surface area contributed by atoms with Crippen LogP contribution in [0.2, 0.25) is 0 Å². The fraction of sp³-hybridized carbons (Fsp3) is 0. The molecule has 36 valence electrons. The van der Waals surface area contributed by atoms with Gasteiger partial charge in [-0.05, 0) is 0 Å². The van der Waals surface area contributed by atoms with Gasteiger partial charge in [0.25, 0.3) is 0 Å². The van der Waals surface area contributed by atoms with E-state index in [2.05, 4.69) is 13.2 Å². The van der Waals surface area contributed by atoms with E-state index >= 15 is 0 Å². The summed E-state index contributed by atoms with van der Waals surface area (Å²) in [7, 11) is 0. The summed E-state index contributed by atoms with van der Waals surface area (Å²) in [5.74, 6) is 0. The molecule has 3 N–H and O–H groups in total. The topological polar surface area (TPSA) is 69.1 Å². The summed E-state index contributed by atoms with van der Waals surface area (Å²) in [5, 5.41) is 0. The largest absolute Gasteiger partial charge is 0.373 e. The Bertz CT molecular complexity index is 38.1. The van der Waals surface area contributed by atoms with Crippen LogP contribution in [-0.2, 0) is 9.59 Å². The molecule has 0 aromatic rings. The molecule has 0 amide bonds. The lowest BCUT2D eigenvalue weighted by Gasteiger charge is -0.945. The van der Waals surface area contributed by atoms with Crippen LogP contribution in [0.15, 0.2) is 13.2 Å². The first-order valence-corrected chi connectivity index (χ1v) is 0.908. The van der Waals surface area contributed by atoms with Gasteiger partial charge in [-0.2, -0.15) is 9.59 Å². The van der Waals surface area contributed by atoms with Gasteiger partial charge >= 0.3 is 6.15 Å². The lowest BCUT2D eigenvalue weighted by molar-refractivity contribution is -0.191. The molecular weight excluding hydrogens is 82.0 g/mol. The predicted octanol–water partition coefficient (Wildman–Crippen LogP) is 0.381. The molecule has 0 aliphatic rings. The highest BCUT2D eigenvalue weighted by molar-refractivity contribution is 5.20. The van der Waals surface area contributed by atoms with Crippen molar-refractivity contribution in [3.05, 3.63) is 13.2 Å². The Labute approximate surface area is 36.2 Å². The summed E-state index contributed by atoms with van der Waals surface area (Å²) >= 11 is 0. The Morgan fingerprint density at radius 1 is 1.17 bits per heavy atom. The van der Waals surface area contributed by atoms with Gasteiger partial charge in [0.1, 0.15) is 0 Å². The van der Waals surface area contributed by atoms with Crippen LogP contribution in [0.3, 0.4) is 0 Å². The molecule has 0 bridgehead atoms. The maximum Gasteiger partial charge on any atom is 0.373 e. The van der Waals surface area contributed by atoms with Crippen molar-refractivity contribution in [2.45, 2.75) is 0 Å². The molecule has 0 aliphatic heterocycles. The molecule has 0 heterocycles. The van der Waals surface area contributed by atoms with E-state index in [4.69, 9.17) is 9.59 Å². The lowest BCUT2D eigenvalue weighted by Crippen LogP contribution is -1.22. The number of hydrogen-bond acceptors (Lipinski definition) is 3. The third-order valence-corrected chi connectivity index (χ3v) is 0. The van der Waals surface area contributed by atoms with Crippen molar-refractivity contribution < 1.29 is 9.59 Å². The Morgan fingerprint density at radius 2 is 1.17 bits per heavy atom. The van der Waals surface area contributed by atoms with Crippen molar-refractivity contribution in [3.63, 3.8) is 0 Å². The first-order chi connectivity index (χ1) is 2.41. The molecular formula is C3H7NO2. The van der Waals surface area contributed by atoms with Crippen molar-refractivity contribution in [2.75, 3.05) is 0 Å².